The summed E-state index contributed by atoms with van der Waals surface area (Å²) in [7, 11) is 0. The summed E-state index contributed by atoms with van der Waals surface area (Å²) in [6.45, 7) is 0. The molecule has 2 aromatic carbocycles. The van der Waals surface area contributed by atoms with Gasteiger partial charge >= 0.3 is 0 Å². The van der Waals surface area contributed by atoms with Crippen molar-refractivity contribution in [1.82, 2.24) is 15.0 Å². The zero-order valence-corrected chi connectivity index (χ0v) is 13.0. The lowest BCUT2D eigenvalue weighted by Gasteiger charge is -2.08. The van der Waals surface area contributed by atoms with Crippen molar-refractivity contribution in [2.24, 2.45) is 0 Å². The van der Waals surface area contributed by atoms with Crippen LogP contribution in [0.3, 0.4) is 0 Å². The summed E-state index contributed by atoms with van der Waals surface area (Å²) in [4.78, 5) is 13.9. The molecule has 0 N–H and O–H groups in total. The topological polar surface area (TPSA) is 38.7 Å². The second-order valence-electron chi connectivity index (χ2n) is 5.41. The van der Waals surface area contributed by atoms with E-state index in [-0.39, 0.29) is 0 Å². The summed E-state index contributed by atoms with van der Waals surface area (Å²) in [5, 5.41) is 0. The van der Waals surface area contributed by atoms with E-state index in [1.165, 1.54) is 0 Å². The fraction of sp³-hybridized carbons (Fsp3) is 0. The van der Waals surface area contributed by atoms with Crippen molar-refractivity contribution in [3.63, 3.8) is 0 Å². The molecule has 0 fully saturated rings. The van der Waals surface area contributed by atoms with Gasteiger partial charge in [0, 0.05) is 17.3 Å². The van der Waals surface area contributed by atoms with Gasteiger partial charge in [-0.25, -0.2) is 9.97 Å². The molecule has 0 aliphatic heterocycles. The van der Waals surface area contributed by atoms with E-state index in [1.54, 1.807) is 6.20 Å². The third-order valence-corrected chi connectivity index (χ3v) is 3.76. The number of pyridine rings is 1. The van der Waals surface area contributed by atoms with Crippen LogP contribution in [-0.2, 0) is 0 Å². The van der Waals surface area contributed by atoms with Crippen LogP contribution in [0.5, 0.6) is 0 Å². The highest BCUT2D eigenvalue weighted by Crippen LogP contribution is 2.26. The number of nitrogens with zero attached hydrogens (tertiary/aromatic N) is 3. The Morgan fingerprint density at radius 1 is 0.500 bits per heavy atom. The lowest BCUT2D eigenvalue weighted by Crippen LogP contribution is -1.96. The second kappa shape index (κ2) is 6.42. The van der Waals surface area contributed by atoms with Gasteiger partial charge in [0.25, 0.3) is 0 Å². The third kappa shape index (κ3) is 2.92. The number of hydrogen-bond acceptors (Lipinski definition) is 3. The van der Waals surface area contributed by atoms with Crippen LogP contribution in [0.15, 0.2) is 91.1 Å². The Morgan fingerprint density at radius 3 is 1.79 bits per heavy atom. The van der Waals surface area contributed by atoms with Gasteiger partial charge in [0.15, 0.2) is 5.82 Å². The third-order valence-electron chi connectivity index (χ3n) is 3.76. The maximum atomic E-state index is 4.76. The van der Waals surface area contributed by atoms with E-state index in [9.17, 15) is 0 Å². The second-order valence-corrected chi connectivity index (χ2v) is 5.41. The van der Waals surface area contributed by atoms with Gasteiger partial charge in [0.1, 0.15) is 0 Å². The van der Waals surface area contributed by atoms with Gasteiger partial charge in [-0.05, 0) is 18.2 Å². The molecule has 3 heteroatoms. The molecule has 3 nitrogen and oxygen atoms in total. The van der Waals surface area contributed by atoms with Crippen LogP contribution in [0.2, 0.25) is 0 Å². The lowest BCUT2D eigenvalue weighted by atomic mass is 10.1. The summed E-state index contributed by atoms with van der Waals surface area (Å²) >= 11 is 0. The predicted octanol–water partition coefficient (Wildman–Crippen LogP) is 4.87. The fourth-order valence-electron chi connectivity index (χ4n) is 2.57. The molecule has 114 valence electrons. The molecule has 0 aliphatic rings. The number of benzene rings is 2. The van der Waals surface area contributed by atoms with E-state index in [4.69, 9.17) is 9.97 Å². The Labute approximate surface area is 140 Å². The van der Waals surface area contributed by atoms with E-state index >= 15 is 0 Å². The van der Waals surface area contributed by atoms with Crippen molar-refractivity contribution in [3.05, 3.63) is 91.1 Å². The minimum atomic E-state index is 0.706. The average molecular weight is 309 g/mol. The molecule has 0 spiro atoms. The standard InChI is InChI=1S/C21H15N3/c1-3-9-16(10-4-1)19-15-20(18-13-7-8-14-22-18)24-21(23-19)17-11-5-2-6-12-17/h1-15H. The quantitative estimate of drug-likeness (QED) is 0.542. The Morgan fingerprint density at radius 2 is 1.12 bits per heavy atom. The molecular weight excluding hydrogens is 294 g/mol. The van der Waals surface area contributed by atoms with Gasteiger partial charge < -0.3 is 0 Å². The molecule has 0 saturated carbocycles. The first kappa shape index (κ1) is 14.3. The molecule has 0 saturated heterocycles. The van der Waals surface area contributed by atoms with Crippen LogP contribution in [-0.4, -0.2) is 15.0 Å². The van der Waals surface area contributed by atoms with E-state index in [2.05, 4.69) is 17.1 Å². The lowest BCUT2D eigenvalue weighted by molar-refractivity contribution is 1.16. The maximum Gasteiger partial charge on any atom is 0.160 e. The zero-order chi connectivity index (χ0) is 16.2. The Bertz CT molecular complexity index is 797. The molecular formula is C21H15N3. The summed E-state index contributed by atoms with van der Waals surface area (Å²) in [6, 6.07) is 28.0. The molecule has 2 aromatic heterocycles. The van der Waals surface area contributed by atoms with Gasteiger partial charge in [-0.3, -0.25) is 4.98 Å². The minimum Gasteiger partial charge on any atom is -0.255 e. The summed E-state index contributed by atoms with van der Waals surface area (Å²) in [5.41, 5.74) is 4.62. The van der Waals surface area contributed by atoms with Crippen LogP contribution in [0.4, 0.5) is 0 Å². The van der Waals surface area contributed by atoms with Gasteiger partial charge in [0.2, 0.25) is 0 Å². The van der Waals surface area contributed by atoms with Crippen molar-refractivity contribution < 1.29 is 0 Å². The van der Waals surface area contributed by atoms with E-state index in [0.717, 1.165) is 28.2 Å². The van der Waals surface area contributed by atoms with Crippen LogP contribution in [0.1, 0.15) is 0 Å². The monoisotopic (exact) mass is 309 g/mol. The zero-order valence-electron chi connectivity index (χ0n) is 13.0. The molecule has 2 heterocycles. The van der Waals surface area contributed by atoms with Crippen molar-refractivity contribution in [2.75, 3.05) is 0 Å². The molecule has 0 amide bonds. The van der Waals surface area contributed by atoms with E-state index in [0.29, 0.717) is 5.82 Å². The van der Waals surface area contributed by atoms with Crippen molar-refractivity contribution in [2.45, 2.75) is 0 Å². The summed E-state index contributed by atoms with van der Waals surface area (Å²) in [6.07, 6.45) is 1.78. The van der Waals surface area contributed by atoms with Crippen molar-refractivity contribution >= 4 is 0 Å². The number of aromatic nitrogens is 3. The van der Waals surface area contributed by atoms with E-state index in [1.807, 2.05) is 72.8 Å². The highest BCUT2D eigenvalue weighted by molar-refractivity contribution is 5.70. The molecule has 24 heavy (non-hydrogen) atoms. The highest BCUT2D eigenvalue weighted by atomic mass is 14.9. The highest BCUT2D eigenvalue weighted by Gasteiger charge is 2.10. The molecule has 0 unspecified atom stereocenters. The molecule has 4 rings (SSSR count). The minimum absolute atomic E-state index is 0.706. The molecule has 4 aromatic rings. The van der Waals surface area contributed by atoms with Crippen LogP contribution in [0, 0.1) is 0 Å². The Balaban J connectivity index is 1.92. The Hall–Kier alpha value is -3.33. The SMILES string of the molecule is c1ccc(-c2cc(-c3ccccn3)nc(-c3ccccc3)n2)cc1. The first-order valence-corrected chi connectivity index (χ1v) is 7.81. The van der Waals surface area contributed by atoms with Crippen LogP contribution in [0.25, 0.3) is 34.0 Å². The van der Waals surface area contributed by atoms with Gasteiger partial charge in [-0.2, -0.15) is 0 Å². The van der Waals surface area contributed by atoms with Gasteiger partial charge in [-0.15, -0.1) is 0 Å². The first-order chi connectivity index (χ1) is 11.9. The largest absolute Gasteiger partial charge is 0.255 e. The number of hydrogen-bond donors (Lipinski definition) is 0. The first-order valence-electron chi connectivity index (χ1n) is 7.81. The van der Waals surface area contributed by atoms with Gasteiger partial charge in [0.05, 0.1) is 17.1 Å². The Kier molecular flexibility index (Phi) is 3.82. The predicted molar refractivity (Wildman–Crippen MR) is 96.1 cm³/mol. The smallest absolute Gasteiger partial charge is 0.160 e. The summed E-state index contributed by atoms with van der Waals surface area (Å²) < 4.78 is 0. The summed E-state index contributed by atoms with van der Waals surface area (Å²) in [5.74, 6) is 0.706. The number of rotatable bonds is 3. The molecule has 0 bridgehead atoms. The van der Waals surface area contributed by atoms with Crippen LogP contribution >= 0.6 is 0 Å². The fourth-order valence-corrected chi connectivity index (χ4v) is 2.57. The molecule has 0 aliphatic carbocycles. The van der Waals surface area contributed by atoms with Crippen LogP contribution < -0.4 is 0 Å². The molecule has 0 radical (unpaired) electrons. The van der Waals surface area contributed by atoms with Crippen molar-refractivity contribution in [1.29, 1.82) is 0 Å². The maximum absolute atomic E-state index is 4.76. The normalized spacial score (nSPS) is 10.5. The van der Waals surface area contributed by atoms with E-state index < -0.39 is 0 Å². The van der Waals surface area contributed by atoms with Gasteiger partial charge in [-0.1, -0.05) is 66.7 Å². The molecule has 0 atom stereocenters. The average Bonchev–Trinajstić information content (AvgIpc) is 2.70. The van der Waals surface area contributed by atoms with Crippen molar-refractivity contribution in [3.8, 4) is 34.0 Å².